The first-order valence-corrected chi connectivity index (χ1v) is 10.4. The standard InChI is InChI=1S/C23H28N6/c1-17-13-18(2)27-23(26-17)29-11-9-28(10-12-29)8-4-3-5-20-16-25-22-7-6-19(15-24)14-21(20)22/h6-7,13-14,16,25H,3-5,8-12H2,1-2H3. The molecule has 150 valence electrons. The van der Waals surface area contributed by atoms with Crippen LogP contribution < -0.4 is 4.90 Å². The molecule has 1 aliphatic rings. The van der Waals surface area contributed by atoms with Crippen molar-refractivity contribution in [2.45, 2.75) is 33.1 Å². The van der Waals surface area contributed by atoms with Gasteiger partial charge in [0, 0.05) is 54.7 Å². The molecule has 1 N–H and O–H groups in total. The molecule has 1 fully saturated rings. The summed E-state index contributed by atoms with van der Waals surface area (Å²) in [7, 11) is 0. The Kier molecular flexibility index (Phi) is 5.77. The van der Waals surface area contributed by atoms with E-state index in [1.807, 2.05) is 38.1 Å². The van der Waals surface area contributed by atoms with Gasteiger partial charge in [-0.2, -0.15) is 5.26 Å². The van der Waals surface area contributed by atoms with E-state index in [2.05, 4.69) is 37.0 Å². The van der Waals surface area contributed by atoms with Gasteiger partial charge in [-0.15, -0.1) is 0 Å². The van der Waals surface area contributed by atoms with Crippen LogP contribution in [0, 0.1) is 25.2 Å². The van der Waals surface area contributed by atoms with E-state index in [-0.39, 0.29) is 0 Å². The van der Waals surface area contributed by atoms with Crippen LogP contribution in [0.15, 0.2) is 30.5 Å². The predicted octanol–water partition coefficient (Wildman–Crippen LogP) is 3.59. The number of nitrogens with zero attached hydrogens (tertiary/aromatic N) is 5. The number of fused-ring (bicyclic) bond motifs is 1. The number of aryl methyl sites for hydroxylation is 3. The third-order valence-corrected chi connectivity index (χ3v) is 5.69. The molecule has 1 aliphatic heterocycles. The third-order valence-electron chi connectivity index (χ3n) is 5.69. The fourth-order valence-electron chi connectivity index (χ4n) is 4.13. The molecule has 1 saturated heterocycles. The Balaban J connectivity index is 1.24. The minimum atomic E-state index is 0.726. The highest BCUT2D eigenvalue weighted by atomic mass is 15.3. The average Bonchev–Trinajstić information content (AvgIpc) is 3.13. The van der Waals surface area contributed by atoms with Crippen LogP contribution in [0.3, 0.4) is 0 Å². The maximum absolute atomic E-state index is 9.13. The Bertz CT molecular complexity index is 1000. The van der Waals surface area contributed by atoms with Crippen LogP contribution in [0.5, 0.6) is 0 Å². The molecule has 3 aromatic rings. The van der Waals surface area contributed by atoms with Crippen LogP contribution in [-0.2, 0) is 6.42 Å². The maximum Gasteiger partial charge on any atom is 0.225 e. The van der Waals surface area contributed by atoms with Gasteiger partial charge in [-0.1, -0.05) is 0 Å². The molecule has 0 radical (unpaired) electrons. The predicted molar refractivity (Wildman–Crippen MR) is 116 cm³/mol. The van der Waals surface area contributed by atoms with Gasteiger partial charge in [0.1, 0.15) is 0 Å². The highest BCUT2D eigenvalue weighted by molar-refractivity contribution is 5.84. The molecule has 0 atom stereocenters. The van der Waals surface area contributed by atoms with Crippen LogP contribution in [0.25, 0.3) is 10.9 Å². The normalized spacial score (nSPS) is 15.0. The minimum absolute atomic E-state index is 0.726. The highest BCUT2D eigenvalue weighted by Gasteiger charge is 2.19. The summed E-state index contributed by atoms with van der Waals surface area (Å²) < 4.78 is 0. The summed E-state index contributed by atoms with van der Waals surface area (Å²) in [6.07, 6.45) is 5.48. The summed E-state index contributed by atoms with van der Waals surface area (Å²) in [4.78, 5) is 17.4. The van der Waals surface area contributed by atoms with E-state index in [1.54, 1.807) is 0 Å². The van der Waals surface area contributed by atoms with E-state index in [4.69, 9.17) is 5.26 Å². The number of nitriles is 1. The SMILES string of the molecule is Cc1cc(C)nc(N2CCN(CCCCc3c[nH]c4ccc(C#N)cc34)CC2)n1. The topological polar surface area (TPSA) is 71.8 Å². The van der Waals surface area contributed by atoms with Crippen LogP contribution >= 0.6 is 0 Å². The van der Waals surface area contributed by atoms with Gasteiger partial charge in [0.25, 0.3) is 0 Å². The monoisotopic (exact) mass is 388 g/mol. The first kappa shape index (κ1) is 19.4. The second kappa shape index (κ2) is 8.62. The van der Waals surface area contributed by atoms with Crippen LogP contribution in [-0.4, -0.2) is 52.6 Å². The van der Waals surface area contributed by atoms with Gasteiger partial charge in [0.05, 0.1) is 11.6 Å². The van der Waals surface area contributed by atoms with Crippen molar-refractivity contribution in [1.29, 1.82) is 5.26 Å². The summed E-state index contributed by atoms with van der Waals surface area (Å²) in [5.41, 5.74) is 5.23. The highest BCUT2D eigenvalue weighted by Crippen LogP contribution is 2.21. The number of benzene rings is 1. The number of hydrogen-bond acceptors (Lipinski definition) is 5. The summed E-state index contributed by atoms with van der Waals surface area (Å²) >= 11 is 0. The third kappa shape index (κ3) is 4.57. The average molecular weight is 389 g/mol. The largest absolute Gasteiger partial charge is 0.361 e. The lowest BCUT2D eigenvalue weighted by molar-refractivity contribution is 0.252. The smallest absolute Gasteiger partial charge is 0.225 e. The summed E-state index contributed by atoms with van der Waals surface area (Å²) in [5, 5.41) is 10.3. The molecule has 3 heterocycles. The van der Waals surface area contributed by atoms with Crippen molar-refractivity contribution in [3.05, 3.63) is 53.0 Å². The minimum Gasteiger partial charge on any atom is -0.361 e. The quantitative estimate of drug-likeness (QED) is 0.654. The number of aromatic nitrogens is 3. The molecule has 0 aliphatic carbocycles. The molecule has 4 rings (SSSR count). The van der Waals surface area contributed by atoms with E-state index in [1.165, 1.54) is 17.4 Å². The van der Waals surface area contributed by atoms with Gasteiger partial charge >= 0.3 is 0 Å². The fraction of sp³-hybridized carbons (Fsp3) is 0.435. The summed E-state index contributed by atoms with van der Waals surface area (Å²) in [5.74, 6) is 0.873. The van der Waals surface area contributed by atoms with Gasteiger partial charge in [0.2, 0.25) is 5.95 Å². The zero-order chi connectivity index (χ0) is 20.2. The van der Waals surface area contributed by atoms with E-state index in [0.29, 0.717) is 0 Å². The molecule has 6 nitrogen and oxygen atoms in total. The summed E-state index contributed by atoms with van der Waals surface area (Å²) in [6, 6.07) is 10.1. The lowest BCUT2D eigenvalue weighted by Crippen LogP contribution is -2.47. The number of nitrogens with one attached hydrogen (secondary N) is 1. The van der Waals surface area contributed by atoms with Crippen molar-refractivity contribution in [1.82, 2.24) is 19.9 Å². The van der Waals surface area contributed by atoms with E-state index < -0.39 is 0 Å². The number of anilines is 1. The Labute approximate surface area is 172 Å². The van der Waals surface area contributed by atoms with Gasteiger partial charge in [-0.3, -0.25) is 4.90 Å². The van der Waals surface area contributed by atoms with Crippen molar-refractivity contribution < 1.29 is 0 Å². The zero-order valence-electron chi connectivity index (χ0n) is 17.3. The Hall–Kier alpha value is -2.91. The van der Waals surface area contributed by atoms with Crippen molar-refractivity contribution in [2.24, 2.45) is 0 Å². The number of unbranched alkanes of at least 4 members (excludes halogenated alkanes) is 1. The molecule has 29 heavy (non-hydrogen) atoms. The Morgan fingerprint density at radius 1 is 1.03 bits per heavy atom. The van der Waals surface area contributed by atoms with Gasteiger partial charge in [-0.25, -0.2) is 9.97 Å². The van der Waals surface area contributed by atoms with Crippen molar-refractivity contribution in [3.8, 4) is 6.07 Å². The van der Waals surface area contributed by atoms with Gasteiger partial charge in [0.15, 0.2) is 0 Å². The van der Waals surface area contributed by atoms with Gasteiger partial charge < -0.3 is 9.88 Å². The fourth-order valence-corrected chi connectivity index (χ4v) is 4.13. The molecule has 0 saturated carbocycles. The van der Waals surface area contributed by atoms with E-state index >= 15 is 0 Å². The van der Waals surface area contributed by atoms with Crippen LogP contribution in [0.4, 0.5) is 5.95 Å². The molecular weight excluding hydrogens is 360 g/mol. The number of piperazine rings is 1. The lowest BCUT2D eigenvalue weighted by atomic mass is 10.1. The first-order valence-electron chi connectivity index (χ1n) is 10.4. The second-order valence-electron chi connectivity index (χ2n) is 7.92. The molecule has 0 bridgehead atoms. The molecule has 6 heteroatoms. The van der Waals surface area contributed by atoms with Crippen LogP contribution in [0.1, 0.15) is 35.4 Å². The number of hydrogen-bond donors (Lipinski definition) is 1. The Morgan fingerprint density at radius 2 is 1.79 bits per heavy atom. The first-order chi connectivity index (χ1) is 14.1. The zero-order valence-corrected chi connectivity index (χ0v) is 17.3. The number of rotatable bonds is 6. The second-order valence-corrected chi connectivity index (χ2v) is 7.92. The summed E-state index contributed by atoms with van der Waals surface area (Å²) in [6.45, 7) is 9.30. The molecule has 2 aromatic heterocycles. The molecule has 0 unspecified atom stereocenters. The number of H-pyrrole nitrogens is 1. The van der Waals surface area contributed by atoms with Crippen molar-refractivity contribution in [3.63, 3.8) is 0 Å². The maximum atomic E-state index is 9.13. The molecule has 0 spiro atoms. The van der Waals surface area contributed by atoms with Crippen molar-refractivity contribution in [2.75, 3.05) is 37.6 Å². The van der Waals surface area contributed by atoms with E-state index in [0.717, 1.165) is 74.0 Å². The van der Waals surface area contributed by atoms with E-state index in [9.17, 15) is 0 Å². The van der Waals surface area contributed by atoms with Crippen LogP contribution in [0.2, 0.25) is 0 Å². The molecule has 0 amide bonds. The Morgan fingerprint density at radius 3 is 2.52 bits per heavy atom. The lowest BCUT2D eigenvalue weighted by Gasteiger charge is -2.34. The number of aromatic amines is 1. The molecule has 1 aromatic carbocycles. The van der Waals surface area contributed by atoms with Gasteiger partial charge in [-0.05, 0) is 69.5 Å². The molecular formula is C23H28N6. The van der Waals surface area contributed by atoms with Crippen molar-refractivity contribution >= 4 is 16.9 Å².